The first-order valence-electron chi connectivity index (χ1n) is 4.17. The Balaban J connectivity index is 2.71. The molecular formula is C10H12BrNO2. The third kappa shape index (κ3) is 3.03. The summed E-state index contributed by atoms with van der Waals surface area (Å²) < 4.78 is 5.08. The number of carbonyl (C=O) groups excluding carboxylic acids is 1. The van der Waals surface area contributed by atoms with Crippen LogP contribution in [-0.2, 0) is 6.54 Å². The van der Waals surface area contributed by atoms with E-state index in [-0.39, 0.29) is 4.82 Å². The second kappa shape index (κ2) is 5.00. The highest BCUT2D eigenvalue weighted by Gasteiger charge is 2.04. The van der Waals surface area contributed by atoms with Crippen molar-refractivity contribution < 1.29 is 9.53 Å². The Morgan fingerprint density at radius 3 is 2.86 bits per heavy atom. The number of rotatable bonds is 3. The average Bonchev–Trinajstić information content (AvgIpc) is 2.18. The van der Waals surface area contributed by atoms with Crippen LogP contribution >= 0.6 is 15.9 Å². The van der Waals surface area contributed by atoms with Gasteiger partial charge in [0.05, 0.1) is 7.11 Å². The monoisotopic (exact) mass is 257 g/mol. The van der Waals surface area contributed by atoms with Gasteiger partial charge in [0.2, 0.25) is 0 Å². The summed E-state index contributed by atoms with van der Waals surface area (Å²) in [6.07, 6.45) is 0. The summed E-state index contributed by atoms with van der Waals surface area (Å²) in [5, 5.41) is 0. The highest BCUT2D eigenvalue weighted by Crippen LogP contribution is 2.14. The number of benzene rings is 1. The number of nitrogens with zero attached hydrogens (tertiary/aromatic N) is 1. The molecule has 0 fully saturated rings. The molecule has 76 valence electrons. The number of hydrogen-bond acceptors (Lipinski definition) is 2. The first-order valence-corrected chi connectivity index (χ1v) is 4.96. The van der Waals surface area contributed by atoms with Gasteiger partial charge in [0.15, 0.2) is 0 Å². The van der Waals surface area contributed by atoms with Crippen molar-refractivity contribution in [2.24, 2.45) is 0 Å². The Bertz CT molecular complexity index is 328. The molecule has 0 aliphatic heterocycles. The molecule has 0 saturated heterocycles. The van der Waals surface area contributed by atoms with Crippen LogP contribution in [0.1, 0.15) is 5.56 Å². The van der Waals surface area contributed by atoms with Crippen LogP contribution in [0.2, 0.25) is 0 Å². The van der Waals surface area contributed by atoms with Crippen molar-refractivity contribution in [2.75, 3.05) is 14.2 Å². The SMILES string of the molecule is COc1cccc(CN(C)C(=O)Br)c1. The van der Waals surface area contributed by atoms with Gasteiger partial charge in [0.25, 0.3) is 4.82 Å². The minimum Gasteiger partial charge on any atom is -0.497 e. The predicted octanol–water partition coefficient (Wildman–Crippen LogP) is 2.64. The molecule has 0 saturated carbocycles. The fraction of sp³-hybridized carbons (Fsp3) is 0.300. The smallest absolute Gasteiger partial charge is 0.289 e. The van der Waals surface area contributed by atoms with E-state index in [0.717, 1.165) is 11.3 Å². The standard InChI is InChI=1S/C10H12BrNO2/c1-12(10(11)13)7-8-4-3-5-9(6-8)14-2/h3-6H,7H2,1-2H3. The number of methoxy groups -OCH3 is 1. The van der Waals surface area contributed by atoms with Crippen LogP contribution in [0.4, 0.5) is 4.79 Å². The lowest BCUT2D eigenvalue weighted by molar-refractivity contribution is 0.233. The Morgan fingerprint density at radius 2 is 2.29 bits per heavy atom. The number of carbonyl (C=O) groups is 1. The Hall–Kier alpha value is -1.03. The first-order chi connectivity index (χ1) is 6.63. The molecule has 14 heavy (non-hydrogen) atoms. The molecule has 0 atom stereocenters. The molecule has 0 spiro atoms. The van der Waals surface area contributed by atoms with Crippen molar-refractivity contribution in [1.82, 2.24) is 4.90 Å². The molecule has 0 unspecified atom stereocenters. The van der Waals surface area contributed by atoms with Crippen LogP contribution in [-0.4, -0.2) is 23.9 Å². The van der Waals surface area contributed by atoms with Gasteiger partial charge in [0, 0.05) is 29.5 Å². The van der Waals surface area contributed by atoms with Crippen molar-refractivity contribution in [3.8, 4) is 5.75 Å². The lowest BCUT2D eigenvalue weighted by Gasteiger charge is -2.13. The van der Waals surface area contributed by atoms with E-state index in [1.165, 1.54) is 0 Å². The molecule has 0 radical (unpaired) electrons. The van der Waals surface area contributed by atoms with Crippen LogP contribution in [0, 0.1) is 0 Å². The van der Waals surface area contributed by atoms with E-state index in [4.69, 9.17) is 4.74 Å². The second-order valence-corrected chi connectivity index (χ2v) is 3.64. The van der Waals surface area contributed by atoms with E-state index in [2.05, 4.69) is 15.9 Å². The molecule has 3 nitrogen and oxygen atoms in total. The van der Waals surface area contributed by atoms with Crippen molar-refractivity contribution in [1.29, 1.82) is 0 Å². The minimum absolute atomic E-state index is 0.125. The van der Waals surface area contributed by atoms with Gasteiger partial charge in [-0.3, -0.25) is 4.79 Å². The van der Waals surface area contributed by atoms with Crippen LogP contribution in [0.25, 0.3) is 0 Å². The zero-order chi connectivity index (χ0) is 10.6. The molecule has 0 N–H and O–H groups in total. The van der Waals surface area contributed by atoms with Gasteiger partial charge in [-0.2, -0.15) is 0 Å². The van der Waals surface area contributed by atoms with Gasteiger partial charge in [-0.1, -0.05) is 12.1 Å². The zero-order valence-electron chi connectivity index (χ0n) is 8.16. The van der Waals surface area contributed by atoms with E-state index in [9.17, 15) is 4.79 Å². The highest BCUT2D eigenvalue weighted by molar-refractivity contribution is 9.18. The summed E-state index contributed by atoms with van der Waals surface area (Å²) in [4.78, 5) is 12.4. The summed E-state index contributed by atoms with van der Waals surface area (Å²) in [5.41, 5.74) is 1.04. The third-order valence-electron chi connectivity index (χ3n) is 1.85. The van der Waals surface area contributed by atoms with Crippen molar-refractivity contribution >= 4 is 20.7 Å². The first kappa shape index (κ1) is 11.0. The minimum atomic E-state index is -0.125. The second-order valence-electron chi connectivity index (χ2n) is 2.96. The molecule has 0 aliphatic carbocycles. The molecule has 0 heterocycles. The summed E-state index contributed by atoms with van der Waals surface area (Å²) in [6.45, 7) is 0.571. The lowest BCUT2D eigenvalue weighted by Crippen LogP contribution is -2.19. The maximum Gasteiger partial charge on any atom is 0.289 e. The van der Waals surface area contributed by atoms with Gasteiger partial charge in [0.1, 0.15) is 5.75 Å². The van der Waals surface area contributed by atoms with Gasteiger partial charge in [-0.25, -0.2) is 0 Å². The molecule has 0 aliphatic rings. The Kier molecular flexibility index (Phi) is 3.95. The summed E-state index contributed by atoms with van der Waals surface area (Å²) >= 11 is 2.89. The summed E-state index contributed by atoms with van der Waals surface area (Å²) in [6, 6.07) is 7.64. The molecule has 1 aromatic rings. The maximum absolute atomic E-state index is 10.9. The molecule has 0 bridgehead atoms. The third-order valence-corrected chi connectivity index (χ3v) is 2.46. The Labute approximate surface area is 91.8 Å². The molecule has 4 heteroatoms. The van der Waals surface area contributed by atoms with Crippen molar-refractivity contribution in [2.45, 2.75) is 6.54 Å². The topological polar surface area (TPSA) is 29.5 Å². The molecule has 1 amide bonds. The normalized spacial score (nSPS) is 9.64. The highest BCUT2D eigenvalue weighted by atomic mass is 79.9. The van der Waals surface area contributed by atoms with Gasteiger partial charge >= 0.3 is 0 Å². The number of halogens is 1. The zero-order valence-corrected chi connectivity index (χ0v) is 9.74. The van der Waals surface area contributed by atoms with Gasteiger partial charge in [-0.15, -0.1) is 0 Å². The van der Waals surface area contributed by atoms with E-state index >= 15 is 0 Å². The molecule has 1 aromatic carbocycles. The van der Waals surface area contributed by atoms with Gasteiger partial charge in [-0.05, 0) is 17.7 Å². The van der Waals surface area contributed by atoms with E-state index in [0.29, 0.717) is 6.54 Å². The predicted molar refractivity (Wildman–Crippen MR) is 58.8 cm³/mol. The fourth-order valence-corrected chi connectivity index (χ4v) is 1.23. The molecular weight excluding hydrogens is 246 g/mol. The van der Waals surface area contributed by atoms with Crippen molar-refractivity contribution in [3.63, 3.8) is 0 Å². The summed E-state index contributed by atoms with van der Waals surface area (Å²) in [7, 11) is 3.36. The molecule has 1 rings (SSSR count). The maximum atomic E-state index is 10.9. The summed E-state index contributed by atoms with van der Waals surface area (Å²) in [5.74, 6) is 0.804. The van der Waals surface area contributed by atoms with E-state index < -0.39 is 0 Å². The number of amides is 1. The van der Waals surface area contributed by atoms with Crippen molar-refractivity contribution in [3.05, 3.63) is 29.8 Å². The number of hydrogen-bond donors (Lipinski definition) is 0. The number of ether oxygens (including phenoxy) is 1. The van der Waals surface area contributed by atoms with Crippen LogP contribution < -0.4 is 4.74 Å². The van der Waals surface area contributed by atoms with Crippen LogP contribution in [0.3, 0.4) is 0 Å². The molecule has 0 aromatic heterocycles. The lowest BCUT2D eigenvalue weighted by atomic mass is 10.2. The van der Waals surface area contributed by atoms with Crippen LogP contribution in [0.5, 0.6) is 5.75 Å². The quantitative estimate of drug-likeness (QED) is 0.616. The fourth-order valence-electron chi connectivity index (χ4n) is 1.11. The Morgan fingerprint density at radius 1 is 1.57 bits per heavy atom. The van der Waals surface area contributed by atoms with E-state index in [1.807, 2.05) is 24.3 Å². The average molecular weight is 258 g/mol. The van der Waals surface area contributed by atoms with Crippen LogP contribution in [0.15, 0.2) is 24.3 Å². The largest absolute Gasteiger partial charge is 0.497 e. The van der Waals surface area contributed by atoms with E-state index in [1.54, 1.807) is 19.1 Å². The van der Waals surface area contributed by atoms with Gasteiger partial charge < -0.3 is 9.64 Å².